The summed E-state index contributed by atoms with van der Waals surface area (Å²) in [5.74, 6) is 4.93. The second-order valence-electron chi connectivity index (χ2n) is 3.87. The molecule has 0 atom stereocenters. The number of hydrogen-bond acceptors (Lipinski definition) is 2. The molecule has 0 radical (unpaired) electrons. The fourth-order valence-electron chi connectivity index (χ4n) is 1.49. The highest BCUT2D eigenvalue weighted by Gasteiger charge is 1.99. The molecule has 2 aromatic carbocycles. The van der Waals surface area contributed by atoms with Gasteiger partial charge in [0.15, 0.2) is 0 Å². The lowest BCUT2D eigenvalue weighted by Crippen LogP contribution is -1.94. The van der Waals surface area contributed by atoms with Crippen LogP contribution in [-0.4, -0.2) is 17.4 Å². The lowest BCUT2D eigenvalue weighted by atomic mass is 10.1. The molecular formula is C16H10O3. The van der Waals surface area contributed by atoms with Gasteiger partial charge in [0.2, 0.25) is 0 Å². The number of carboxylic acid groups (broad SMARTS) is 1. The van der Waals surface area contributed by atoms with Crippen molar-refractivity contribution in [2.24, 2.45) is 0 Å². The number of carbonyl (C=O) groups is 2. The zero-order chi connectivity index (χ0) is 13.7. The van der Waals surface area contributed by atoms with Gasteiger partial charge in [0.05, 0.1) is 5.56 Å². The molecule has 19 heavy (non-hydrogen) atoms. The van der Waals surface area contributed by atoms with Gasteiger partial charge in [0, 0.05) is 16.7 Å². The van der Waals surface area contributed by atoms with Crippen molar-refractivity contribution in [1.82, 2.24) is 0 Å². The number of carbonyl (C=O) groups excluding carboxylic acids is 1. The van der Waals surface area contributed by atoms with Crippen molar-refractivity contribution in [3.05, 3.63) is 70.8 Å². The summed E-state index contributed by atoms with van der Waals surface area (Å²) in [4.78, 5) is 21.2. The van der Waals surface area contributed by atoms with Crippen LogP contribution in [0.1, 0.15) is 31.8 Å². The molecule has 0 aromatic heterocycles. The average Bonchev–Trinajstić information content (AvgIpc) is 2.46. The van der Waals surface area contributed by atoms with Gasteiger partial charge in [-0.25, -0.2) is 4.79 Å². The number of aldehydes is 1. The fraction of sp³-hybridized carbons (Fsp3) is 0. The summed E-state index contributed by atoms with van der Waals surface area (Å²) in [5, 5.41) is 8.77. The van der Waals surface area contributed by atoms with Crippen molar-refractivity contribution >= 4 is 12.3 Å². The van der Waals surface area contributed by atoms with E-state index in [0.717, 1.165) is 17.4 Å². The Balaban J connectivity index is 2.18. The molecular weight excluding hydrogens is 240 g/mol. The topological polar surface area (TPSA) is 54.4 Å². The van der Waals surface area contributed by atoms with Gasteiger partial charge in [-0.2, -0.15) is 0 Å². The molecule has 0 heterocycles. The summed E-state index contributed by atoms with van der Waals surface area (Å²) in [5.41, 5.74) is 2.38. The minimum Gasteiger partial charge on any atom is -0.478 e. The first-order valence-corrected chi connectivity index (χ1v) is 5.59. The highest BCUT2D eigenvalue weighted by atomic mass is 16.4. The zero-order valence-corrected chi connectivity index (χ0v) is 9.96. The predicted molar refractivity (Wildman–Crippen MR) is 71.2 cm³/mol. The van der Waals surface area contributed by atoms with E-state index in [4.69, 9.17) is 5.11 Å². The average molecular weight is 250 g/mol. The van der Waals surface area contributed by atoms with Gasteiger partial charge in [-0.15, -0.1) is 0 Å². The molecule has 0 fully saturated rings. The van der Waals surface area contributed by atoms with Crippen LogP contribution in [-0.2, 0) is 0 Å². The van der Waals surface area contributed by atoms with Crippen LogP contribution in [0.4, 0.5) is 0 Å². The first kappa shape index (κ1) is 12.6. The number of aromatic carboxylic acids is 1. The van der Waals surface area contributed by atoms with Crippen LogP contribution in [0.3, 0.4) is 0 Å². The minimum absolute atomic E-state index is 0.237. The van der Waals surface area contributed by atoms with Crippen LogP contribution in [0.5, 0.6) is 0 Å². The first-order chi connectivity index (χ1) is 9.19. The number of rotatable bonds is 2. The second-order valence-corrected chi connectivity index (χ2v) is 3.87. The van der Waals surface area contributed by atoms with E-state index in [0.29, 0.717) is 5.56 Å². The molecule has 2 aromatic rings. The van der Waals surface area contributed by atoms with Gasteiger partial charge in [-0.1, -0.05) is 24.0 Å². The summed E-state index contributed by atoms with van der Waals surface area (Å²) in [7, 11) is 0. The molecule has 0 aliphatic heterocycles. The fourth-order valence-corrected chi connectivity index (χ4v) is 1.49. The van der Waals surface area contributed by atoms with Crippen molar-refractivity contribution in [1.29, 1.82) is 0 Å². The summed E-state index contributed by atoms with van der Waals surface area (Å²) in [6.07, 6.45) is 0.780. The van der Waals surface area contributed by atoms with Crippen LogP contribution in [0.15, 0.2) is 48.5 Å². The normalized spacial score (nSPS) is 9.26. The Morgan fingerprint density at radius 3 is 1.79 bits per heavy atom. The van der Waals surface area contributed by atoms with Gasteiger partial charge >= 0.3 is 5.97 Å². The van der Waals surface area contributed by atoms with E-state index >= 15 is 0 Å². The lowest BCUT2D eigenvalue weighted by Gasteiger charge is -1.94. The van der Waals surface area contributed by atoms with Gasteiger partial charge in [0.25, 0.3) is 0 Å². The highest BCUT2D eigenvalue weighted by Crippen LogP contribution is 2.04. The van der Waals surface area contributed by atoms with E-state index in [-0.39, 0.29) is 5.56 Å². The predicted octanol–water partition coefficient (Wildman–Crippen LogP) is 2.60. The van der Waals surface area contributed by atoms with E-state index < -0.39 is 5.97 Å². The van der Waals surface area contributed by atoms with E-state index in [9.17, 15) is 9.59 Å². The third kappa shape index (κ3) is 3.30. The maximum absolute atomic E-state index is 10.7. The summed E-state index contributed by atoms with van der Waals surface area (Å²) < 4.78 is 0. The molecule has 1 N–H and O–H groups in total. The quantitative estimate of drug-likeness (QED) is 0.658. The first-order valence-electron chi connectivity index (χ1n) is 5.59. The van der Waals surface area contributed by atoms with Crippen LogP contribution >= 0.6 is 0 Å². The Kier molecular flexibility index (Phi) is 3.75. The standard InChI is InChI=1S/C16H10O3/c17-11-14-5-3-12(4-6-14)1-2-13-7-9-15(10-8-13)16(18)19/h3-11H,(H,18,19). The van der Waals surface area contributed by atoms with Gasteiger partial charge in [-0.05, 0) is 36.4 Å². The smallest absolute Gasteiger partial charge is 0.335 e. The monoisotopic (exact) mass is 250 g/mol. The van der Waals surface area contributed by atoms with Gasteiger partial charge in [-0.3, -0.25) is 4.79 Å². The van der Waals surface area contributed by atoms with E-state index in [1.165, 1.54) is 12.1 Å². The molecule has 0 spiro atoms. The van der Waals surface area contributed by atoms with Crippen molar-refractivity contribution in [3.8, 4) is 11.8 Å². The lowest BCUT2D eigenvalue weighted by molar-refractivity contribution is 0.0696. The molecule has 3 heteroatoms. The molecule has 0 saturated heterocycles. The Labute approximate surface area is 110 Å². The second kappa shape index (κ2) is 5.65. The van der Waals surface area contributed by atoms with Gasteiger partial charge < -0.3 is 5.11 Å². The van der Waals surface area contributed by atoms with Crippen molar-refractivity contribution in [2.45, 2.75) is 0 Å². The van der Waals surface area contributed by atoms with Crippen LogP contribution in [0.2, 0.25) is 0 Å². The summed E-state index contributed by atoms with van der Waals surface area (Å²) >= 11 is 0. The third-order valence-electron chi connectivity index (χ3n) is 2.53. The Hall–Kier alpha value is -2.86. The van der Waals surface area contributed by atoms with Crippen molar-refractivity contribution in [3.63, 3.8) is 0 Å². The van der Waals surface area contributed by atoms with Crippen LogP contribution < -0.4 is 0 Å². The minimum atomic E-state index is -0.955. The van der Waals surface area contributed by atoms with Crippen molar-refractivity contribution in [2.75, 3.05) is 0 Å². The maximum Gasteiger partial charge on any atom is 0.335 e. The molecule has 0 aliphatic rings. The van der Waals surface area contributed by atoms with Gasteiger partial charge in [0.1, 0.15) is 6.29 Å². The molecule has 0 unspecified atom stereocenters. The molecule has 0 aliphatic carbocycles. The molecule has 2 rings (SSSR count). The number of benzene rings is 2. The third-order valence-corrected chi connectivity index (χ3v) is 2.53. The van der Waals surface area contributed by atoms with E-state index in [2.05, 4.69) is 11.8 Å². The largest absolute Gasteiger partial charge is 0.478 e. The highest BCUT2D eigenvalue weighted by molar-refractivity contribution is 5.87. The Morgan fingerprint density at radius 1 is 0.895 bits per heavy atom. The summed E-state index contributed by atoms with van der Waals surface area (Å²) in [6, 6.07) is 13.3. The van der Waals surface area contributed by atoms with Crippen LogP contribution in [0, 0.1) is 11.8 Å². The zero-order valence-electron chi connectivity index (χ0n) is 9.96. The molecule has 92 valence electrons. The number of carboxylic acids is 1. The van der Waals surface area contributed by atoms with E-state index in [1.807, 2.05) is 0 Å². The SMILES string of the molecule is O=Cc1ccc(C#Cc2ccc(C(=O)O)cc2)cc1. The maximum atomic E-state index is 10.7. The Bertz CT molecular complexity index is 656. The number of hydrogen-bond donors (Lipinski definition) is 1. The summed E-state index contributed by atoms with van der Waals surface area (Å²) in [6.45, 7) is 0. The molecule has 0 saturated carbocycles. The molecule has 3 nitrogen and oxygen atoms in total. The van der Waals surface area contributed by atoms with E-state index in [1.54, 1.807) is 36.4 Å². The Morgan fingerprint density at radius 2 is 1.37 bits per heavy atom. The van der Waals surface area contributed by atoms with Crippen LogP contribution in [0.25, 0.3) is 0 Å². The molecule has 0 amide bonds. The van der Waals surface area contributed by atoms with Crippen molar-refractivity contribution < 1.29 is 14.7 Å². The molecule has 0 bridgehead atoms.